The van der Waals surface area contributed by atoms with Gasteiger partial charge in [0.2, 0.25) is 17.8 Å². The molecule has 7 heteroatoms. The topological polar surface area (TPSA) is 96.3 Å². The number of carbonyl (C=O) groups excluding carboxylic acids is 3. The molecule has 0 aromatic heterocycles. The van der Waals surface area contributed by atoms with Gasteiger partial charge in [0.25, 0.3) is 5.91 Å². The highest BCUT2D eigenvalue weighted by Gasteiger charge is 2.57. The van der Waals surface area contributed by atoms with E-state index in [4.69, 9.17) is 4.84 Å². The number of fused-ring (bicyclic) bond motifs is 1. The highest BCUT2D eigenvalue weighted by Crippen LogP contribution is 2.34. The largest absolute Gasteiger partial charge is 0.508 e. The third kappa shape index (κ3) is 2.28. The molecule has 2 aromatic carbocycles. The average Bonchev–Trinajstić information content (AvgIpc) is 3.17. The molecule has 0 bridgehead atoms. The highest BCUT2D eigenvalue weighted by molar-refractivity contribution is 6.52. The Balaban J connectivity index is 1.67. The lowest BCUT2D eigenvalue weighted by Gasteiger charge is -2.15. The fraction of sp³-hybridized carbons (Fsp3) is 0.111. The van der Waals surface area contributed by atoms with E-state index in [2.05, 4.69) is 5.16 Å². The summed E-state index contributed by atoms with van der Waals surface area (Å²) in [6.45, 7) is 0. The summed E-state index contributed by atoms with van der Waals surface area (Å²) in [4.78, 5) is 43.9. The SMILES string of the molecule is O=C(C1=NO[C@@H]2C(=O)N(c3ccc(O)cc3)C(=O)[C@H]12)c1ccccc1. The zero-order valence-electron chi connectivity index (χ0n) is 12.8. The predicted molar refractivity (Wildman–Crippen MR) is 87.2 cm³/mol. The third-order valence-corrected chi connectivity index (χ3v) is 4.19. The summed E-state index contributed by atoms with van der Waals surface area (Å²) in [7, 11) is 0. The van der Waals surface area contributed by atoms with Gasteiger partial charge in [-0.2, -0.15) is 0 Å². The Labute approximate surface area is 142 Å². The van der Waals surface area contributed by atoms with Crippen LogP contribution in [-0.4, -0.2) is 34.5 Å². The van der Waals surface area contributed by atoms with E-state index in [0.717, 1.165) is 4.90 Å². The van der Waals surface area contributed by atoms with Crippen LogP contribution in [0, 0.1) is 5.92 Å². The van der Waals surface area contributed by atoms with Crippen LogP contribution in [0.3, 0.4) is 0 Å². The molecule has 7 nitrogen and oxygen atoms in total. The summed E-state index contributed by atoms with van der Waals surface area (Å²) in [6.07, 6.45) is -1.14. The van der Waals surface area contributed by atoms with Crippen LogP contribution in [0.15, 0.2) is 59.8 Å². The first-order valence-electron chi connectivity index (χ1n) is 7.58. The van der Waals surface area contributed by atoms with Crippen molar-refractivity contribution in [2.24, 2.45) is 11.1 Å². The van der Waals surface area contributed by atoms with Crippen molar-refractivity contribution in [3.8, 4) is 5.75 Å². The first-order chi connectivity index (χ1) is 12.1. The summed E-state index contributed by atoms with van der Waals surface area (Å²) in [5.41, 5.74) is 0.599. The standard InChI is InChI=1S/C18H12N2O5/c21-12-8-6-11(7-9-12)20-17(23)13-14(19-25-16(13)18(20)24)15(22)10-4-2-1-3-5-10/h1-9,13,16,21H/t13-,16+/m1/s1. The van der Waals surface area contributed by atoms with Crippen LogP contribution in [0.2, 0.25) is 0 Å². The Morgan fingerprint density at radius 2 is 1.68 bits per heavy atom. The van der Waals surface area contributed by atoms with E-state index in [1.165, 1.54) is 24.3 Å². The first-order valence-corrected chi connectivity index (χ1v) is 7.58. The van der Waals surface area contributed by atoms with Crippen LogP contribution in [0.25, 0.3) is 0 Å². The summed E-state index contributed by atoms with van der Waals surface area (Å²) < 4.78 is 0. The van der Waals surface area contributed by atoms with E-state index >= 15 is 0 Å². The number of hydrogen-bond donors (Lipinski definition) is 1. The molecule has 0 unspecified atom stereocenters. The lowest BCUT2D eigenvalue weighted by molar-refractivity contribution is -0.126. The number of amides is 2. The fourth-order valence-electron chi connectivity index (χ4n) is 2.96. The minimum atomic E-state index is -1.14. The number of rotatable bonds is 3. The average molecular weight is 336 g/mol. The van der Waals surface area contributed by atoms with E-state index in [9.17, 15) is 19.5 Å². The van der Waals surface area contributed by atoms with Gasteiger partial charge in [-0.3, -0.25) is 14.4 Å². The molecular weight excluding hydrogens is 324 g/mol. The fourth-order valence-corrected chi connectivity index (χ4v) is 2.96. The Morgan fingerprint density at radius 3 is 2.36 bits per heavy atom. The predicted octanol–water partition coefficient (Wildman–Crippen LogP) is 1.52. The van der Waals surface area contributed by atoms with Crippen LogP contribution >= 0.6 is 0 Å². The number of hydrogen-bond acceptors (Lipinski definition) is 6. The van der Waals surface area contributed by atoms with E-state index in [-0.39, 0.29) is 11.5 Å². The Bertz CT molecular complexity index is 905. The van der Waals surface area contributed by atoms with Gasteiger partial charge in [0.1, 0.15) is 17.4 Å². The van der Waals surface area contributed by atoms with Gasteiger partial charge in [0.05, 0.1) is 5.69 Å². The summed E-state index contributed by atoms with van der Waals surface area (Å²) >= 11 is 0. The normalized spacial score (nSPS) is 21.8. The Morgan fingerprint density at radius 1 is 1.00 bits per heavy atom. The second kappa shape index (κ2) is 5.55. The molecule has 2 aliphatic heterocycles. The van der Waals surface area contributed by atoms with Crippen LogP contribution < -0.4 is 4.90 Å². The molecule has 2 atom stereocenters. The van der Waals surface area contributed by atoms with Crippen molar-refractivity contribution in [1.82, 2.24) is 0 Å². The zero-order chi connectivity index (χ0) is 17.6. The van der Waals surface area contributed by atoms with Crippen molar-refractivity contribution in [3.05, 3.63) is 60.2 Å². The number of anilines is 1. The molecule has 0 spiro atoms. The maximum atomic E-state index is 12.8. The number of phenols is 1. The number of ketones is 1. The number of benzene rings is 2. The molecule has 2 amide bonds. The first kappa shape index (κ1) is 15.1. The Kier molecular flexibility index (Phi) is 3.35. The minimum Gasteiger partial charge on any atom is -0.508 e. The molecule has 124 valence electrons. The molecule has 2 heterocycles. The smallest absolute Gasteiger partial charge is 0.278 e. The summed E-state index contributed by atoms with van der Waals surface area (Å²) in [6, 6.07) is 14.0. The van der Waals surface area contributed by atoms with Gasteiger partial charge in [-0.1, -0.05) is 35.5 Å². The Hall–Kier alpha value is -3.48. The molecule has 25 heavy (non-hydrogen) atoms. The number of phenolic OH excluding ortho intramolecular Hbond substituents is 1. The minimum absolute atomic E-state index is 0.0146. The number of carbonyl (C=O) groups is 3. The second-order valence-corrected chi connectivity index (χ2v) is 5.70. The second-order valence-electron chi connectivity index (χ2n) is 5.70. The monoisotopic (exact) mass is 336 g/mol. The van der Waals surface area contributed by atoms with Crippen LogP contribution in [0.1, 0.15) is 10.4 Å². The molecule has 2 aliphatic rings. The van der Waals surface area contributed by atoms with Crippen molar-refractivity contribution >= 4 is 29.0 Å². The summed E-state index contributed by atoms with van der Waals surface area (Å²) in [5, 5.41) is 13.1. The molecule has 1 N–H and O–H groups in total. The quantitative estimate of drug-likeness (QED) is 0.677. The van der Waals surface area contributed by atoms with Crippen molar-refractivity contribution in [2.45, 2.75) is 6.10 Å². The van der Waals surface area contributed by atoms with Gasteiger partial charge in [-0.25, -0.2) is 4.90 Å². The van der Waals surface area contributed by atoms with Crippen molar-refractivity contribution in [2.75, 3.05) is 4.90 Å². The van der Waals surface area contributed by atoms with Crippen molar-refractivity contribution < 1.29 is 24.3 Å². The number of imide groups is 1. The van der Waals surface area contributed by atoms with Crippen LogP contribution in [0.5, 0.6) is 5.75 Å². The third-order valence-electron chi connectivity index (χ3n) is 4.19. The van der Waals surface area contributed by atoms with E-state index in [1.54, 1.807) is 30.3 Å². The molecule has 0 radical (unpaired) electrons. The number of aromatic hydroxyl groups is 1. The van der Waals surface area contributed by atoms with Gasteiger partial charge in [0, 0.05) is 5.56 Å². The molecular formula is C18H12N2O5. The molecule has 0 saturated carbocycles. The molecule has 1 fully saturated rings. The van der Waals surface area contributed by atoms with Crippen molar-refractivity contribution in [1.29, 1.82) is 0 Å². The van der Waals surface area contributed by atoms with Gasteiger partial charge < -0.3 is 9.94 Å². The maximum absolute atomic E-state index is 12.8. The number of oxime groups is 1. The summed E-state index contributed by atoms with van der Waals surface area (Å²) in [5.74, 6) is -2.64. The zero-order valence-corrected chi connectivity index (χ0v) is 12.8. The van der Waals surface area contributed by atoms with Crippen molar-refractivity contribution in [3.63, 3.8) is 0 Å². The number of nitrogens with zero attached hydrogens (tertiary/aromatic N) is 2. The van der Waals surface area contributed by atoms with Crippen LogP contribution in [0.4, 0.5) is 5.69 Å². The van der Waals surface area contributed by atoms with E-state index < -0.39 is 29.6 Å². The lowest BCUT2D eigenvalue weighted by atomic mass is 9.93. The molecule has 4 rings (SSSR count). The molecule has 1 saturated heterocycles. The van der Waals surface area contributed by atoms with Gasteiger partial charge >= 0.3 is 0 Å². The van der Waals surface area contributed by atoms with Crippen LogP contribution in [-0.2, 0) is 14.4 Å². The van der Waals surface area contributed by atoms with E-state index in [0.29, 0.717) is 11.3 Å². The maximum Gasteiger partial charge on any atom is 0.278 e. The molecule has 0 aliphatic carbocycles. The van der Waals surface area contributed by atoms with Gasteiger partial charge in [0.15, 0.2) is 0 Å². The highest BCUT2D eigenvalue weighted by atomic mass is 16.7. The van der Waals surface area contributed by atoms with E-state index in [1.807, 2.05) is 0 Å². The van der Waals surface area contributed by atoms with Gasteiger partial charge in [-0.15, -0.1) is 0 Å². The van der Waals surface area contributed by atoms with Gasteiger partial charge in [-0.05, 0) is 24.3 Å². The molecule has 2 aromatic rings. The lowest BCUT2D eigenvalue weighted by Crippen LogP contribution is -2.34. The number of Topliss-reactive ketones (excluding diaryl/α,β-unsaturated/α-hetero) is 1.